The zero-order valence-corrected chi connectivity index (χ0v) is 26.6. The van der Waals surface area contributed by atoms with Gasteiger partial charge in [-0.3, -0.25) is 13.9 Å². The molecule has 1 N–H and O–H groups in total. The average Bonchev–Trinajstić information content (AvgIpc) is 2.98. The molecular weight excluding hydrogens is 629 g/mol. The van der Waals surface area contributed by atoms with Crippen LogP contribution >= 0.6 is 34.8 Å². The van der Waals surface area contributed by atoms with Crippen molar-refractivity contribution >= 4 is 62.3 Å². The fourth-order valence-corrected chi connectivity index (χ4v) is 6.69. The molecule has 224 valence electrons. The van der Waals surface area contributed by atoms with Gasteiger partial charge in [0.15, 0.2) is 0 Å². The summed E-state index contributed by atoms with van der Waals surface area (Å²) in [6.45, 7) is 1.16. The van der Waals surface area contributed by atoms with Gasteiger partial charge in [-0.2, -0.15) is 0 Å². The van der Waals surface area contributed by atoms with Crippen LogP contribution in [-0.2, 0) is 32.6 Å². The van der Waals surface area contributed by atoms with E-state index in [0.29, 0.717) is 10.6 Å². The van der Waals surface area contributed by atoms with Gasteiger partial charge < -0.3 is 10.2 Å². The lowest BCUT2D eigenvalue weighted by molar-refractivity contribution is -0.139. The Kier molecular flexibility index (Phi) is 10.7. The van der Waals surface area contributed by atoms with Crippen molar-refractivity contribution in [3.8, 4) is 0 Å². The van der Waals surface area contributed by atoms with Crippen molar-refractivity contribution in [3.63, 3.8) is 0 Å². The van der Waals surface area contributed by atoms with Crippen molar-refractivity contribution in [1.82, 2.24) is 10.2 Å². The Bertz CT molecular complexity index is 1680. The molecule has 0 saturated heterocycles. The van der Waals surface area contributed by atoms with Crippen LogP contribution in [0.4, 0.5) is 5.69 Å². The summed E-state index contributed by atoms with van der Waals surface area (Å²) in [5.41, 5.74) is 2.38. The molecule has 1 atom stereocenters. The molecule has 0 aliphatic rings. The van der Waals surface area contributed by atoms with Crippen LogP contribution in [0.15, 0.2) is 102 Å². The maximum Gasteiger partial charge on any atom is 0.264 e. The highest BCUT2D eigenvalue weighted by molar-refractivity contribution is 7.92. The Labute approximate surface area is 267 Å². The summed E-state index contributed by atoms with van der Waals surface area (Å²) in [5.74, 6) is -1.04. The molecule has 0 aromatic heterocycles. The Hall–Kier alpha value is -3.56. The van der Waals surface area contributed by atoms with Crippen LogP contribution < -0.4 is 9.62 Å². The number of nitrogens with zero attached hydrogens (tertiary/aromatic N) is 2. The first-order valence-corrected chi connectivity index (χ1v) is 15.9. The molecule has 0 spiro atoms. The van der Waals surface area contributed by atoms with E-state index in [1.54, 1.807) is 36.4 Å². The van der Waals surface area contributed by atoms with Gasteiger partial charge in [-0.15, -0.1) is 0 Å². The minimum absolute atomic E-state index is 0.0215. The number of amides is 2. The molecule has 4 rings (SSSR count). The molecule has 0 heterocycles. The van der Waals surface area contributed by atoms with E-state index in [0.717, 1.165) is 15.4 Å². The van der Waals surface area contributed by atoms with Gasteiger partial charge in [0.1, 0.15) is 12.6 Å². The van der Waals surface area contributed by atoms with E-state index in [1.165, 1.54) is 42.3 Å². The van der Waals surface area contributed by atoms with Gasteiger partial charge in [0.25, 0.3) is 10.0 Å². The van der Waals surface area contributed by atoms with Gasteiger partial charge in [0.05, 0.1) is 10.6 Å². The number of anilines is 1. The largest absolute Gasteiger partial charge is 0.357 e. The highest BCUT2D eigenvalue weighted by Crippen LogP contribution is 2.30. The zero-order chi connectivity index (χ0) is 31.1. The number of rotatable bonds is 11. The molecule has 0 unspecified atom stereocenters. The fourth-order valence-electron chi connectivity index (χ4n) is 4.58. The van der Waals surface area contributed by atoms with E-state index in [-0.39, 0.29) is 33.6 Å². The topological polar surface area (TPSA) is 86.8 Å². The molecule has 4 aromatic carbocycles. The molecule has 0 saturated carbocycles. The van der Waals surface area contributed by atoms with E-state index in [2.05, 4.69) is 5.32 Å². The third-order valence-electron chi connectivity index (χ3n) is 6.84. The second-order valence-electron chi connectivity index (χ2n) is 9.89. The van der Waals surface area contributed by atoms with Gasteiger partial charge in [0.2, 0.25) is 11.8 Å². The van der Waals surface area contributed by atoms with E-state index < -0.39 is 34.4 Å². The number of nitrogens with one attached hydrogen (secondary N) is 1. The smallest absolute Gasteiger partial charge is 0.264 e. The van der Waals surface area contributed by atoms with Crippen LogP contribution in [0.2, 0.25) is 15.1 Å². The molecule has 0 radical (unpaired) electrons. The van der Waals surface area contributed by atoms with Crippen LogP contribution in [0.3, 0.4) is 0 Å². The fraction of sp³-hybridized carbons (Fsp3) is 0.188. The molecule has 43 heavy (non-hydrogen) atoms. The number of carbonyl (C=O) groups is 2. The summed E-state index contributed by atoms with van der Waals surface area (Å²) in [4.78, 5) is 29.0. The Morgan fingerprint density at radius 2 is 1.44 bits per heavy atom. The highest BCUT2D eigenvalue weighted by Gasteiger charge is 2.34. The second-order valence-corrected chi connectivity index (χ2v) is 13.0. The van der Waals surface area contributed by atoms with Gasteiger partial charge >= 0.3 is 0 Å². The maximum absolute atomic E-state index is 14.3. The average molecular weight is 659 g/mol. The van der Waals surface area contributed by atoms with E-state index in [9.17, 15) is 18.0 Å². The molecule has 0 aliphatic heterocycles. The first-order chi connectivity index (χ1) is 20.5. The summed E-state index contributed by atoms with van der Waals surface area (Å²) in [7, 11) is -2.80. The Morgan fingerprint density at radius 1 is 0.837 bits per heavy atom. The third-order valence-corrected chi connectivity index (χ3v) is 9.43. The van der Waals surface area contributed by atoms with E-state index in [4.69, 9.17) is 34.8 Å². The number of hydrogen-bond donors (Lipinski definition) is 1. The molecule has 11 heteroatoms. The second kappa shape index (κ2) is 14.3. The van der Waals surface area contributed by atoms with Gasteiger partial charge in [-0.05, 0) is 54.4 Å². The van der Waals surface area contributed by atoms with E-state index >= 15 is 0 Å². The normalized spacial score (nSPS) is 11.9. The SMILES string of the molecule is CNC(=O)[C@H](Cc1ccccc1)N(Cc1ccccc1Cl)C(=O)CN(c1cc(Cl)cc(Cl)c1)S(=O)(=O)c1ccc(C)cc1. The molecule has 0 bridgehead atoms. The molecule has 4 aromatic rings. The van der Waals surface area contributed by atoms with Gasteiger partial charge in [-0.1, -0.05) is 101 Å². The number of sulfonamides is 1. The third kappa shape index (κ3) is 8.09. The van der Waals surface area contributed by atoms with Crippen molar-refractivity contribution < 1.29 is 18.0 Å². The van der Waals surface area contributed by atoms with Crippen LogP contribution in [-0.4, -0.2) is 44.8 Å². The van der Waals surface area contributed by atoms with Gasteiger partial charge in [-0.25, -0.2) is 8.42 Å². The van der Waals surface area contributed by atoms with Crippen molar-refractivity contribution in [2.75, 3.05) is 17.9 Å². The summed E-state index contributed by atoms with van der Waals surface area (Å²) < 4.78 is 29.1. The van der Waals surface area contributed by atoms with Crippen molar-refractivity contribution in [1.29, 1.82) is 0 Å². The summed E-state index contributed by atoms with van der Waals surface area (Å²) in [5, 5.41) is 3.44. The molecule has 2 amide bonds. The molecule has 0 fully saturated rings. The molecule has 7 nitrogen and oxygen atoms in total. The number of aryl methyl sites for hydroxylation is 1. The number of likely N-dealkylation sites (N-methyl/N-ethyl adjacent to an activating group) is 1. The summed E-state index contributed by atoms with van der Waals surface area (Å²) in [6, 6.07) is 25.8. The zero-order valence-electron chi connectivity index (χ0n) is 23.5. The van der Waals surface area contributed by atoms with Crippen LogP contribution in [0.25, 0.3) is 0 Å². The van der Waals surface area contributed by atoms with Crippen LogP contribution in [0.5, 0.6) is 0 Å². The summed E-state index contributed by atoms with van der Waals surface area (Å²) >= 11 is 19.0. The maximum atomic E-state index is 14.3. The Balaban J connectivity index is 1.82. The Morgan fingerprint density at radius 3 is 2.05 bits per heavy atom. The lowest BCUT2D eigenvalue weighted by Crippen LogP contribution is -2.53. The summed E-state index contributed by atoms with van der Waals surface area (Å²) in [6.07, 6.45) is 0.185. The van der Waals surface area contributed by atoms with Crippen LogP contribution in [0, 0.1) is 6.92 Å². The minimum atomic E-state index is -4.28. The number of benzene rings is 4. The predicted octanol–water partition coefficient (Wildman–Crippen LogP) is 6.54. The molecular formula is C32H30Cl3N3O4S. The predicted molar refractivity (Wildman–Crippen MR) is 172 cm³/mol. The van der Waals surface area contributed by atoms with Crippen molar-refractivity contribution in [3.05, 3.63) is 129 Å². The minimum Gasteiger partial charge on any atom is -0.357 e. The van der Waals surface area contributed by atoms with Gasteiger partial charge in [0, 0.05) is 35.1 Å². The van der Waals surface area contributed by atoms with Crippen LogP contribution in [0.1, 0.15) is 16.7 Å². The van der Waals surface area contributed by atoms with Crippen molar-refractivity contribution in [2.24, 2.45) is 0 Å². The van der Waals surface area contributed by atoms with Crippen molar-refractivity contribution in [2.45, 2.75) is 30.8 Å². The first-order valence-electron chi connectivity index (χ1n) is 13.3. The number of carbonyl (C=O) groups excluding carboxylic acids is 2. The standard InChI is InChI=1S/C32H30Cl3N3O4S/c1-22-12-14-28(15-13-22)43(41,42)38(27-18-25(33)17-26(34)19-27)21-31(39)37(20-24-10-6-7-11-29(24)35)30(32(40)36-2)16-23-8-4-3-5-9-23/h3-15,17-19,30H,16,20-21H2,1-2H3,(H,36,40)/t30-/m0/s1. The first kappa shape index (κ1) is 32.4. The number of halogens is 3. The lowest BCUT2D eigenvalue weighted by Gasteiger charge is -2.33. The lowest BCUT2D eigenvalue weighted by atomic mass is 10.0. The van der Waals surface area contributed by atoms with E-state index in [1.807, 2.05) is 37.3 Å². The number of hydrogen-bond acceptors (Lipinski definition) is 4. The molecule has 0 aliphatic carbocycles. The monoisotopic (exact) mass is 657 g/mol. The highest BCUT2D eigenvalue weighted by atomic mass is 35.5. The quantitative estimate of drug-likeness (QED) is 0.198.